The van der Waals surface area contributed by atoms with E-state index in [4.69, 9.17) is 4.74 Å². The summed E-state index contributed by atoms with van der Waals surface area (Å²) in [5.74, 6) is 0. The highest BCUT2D eigenvalue weighted by Gasteiger charge is 2.26. The van der Waals surface area contributed by atoms with E-state index in [1.807, 2.05) is 0 Å². The van der Waals surface area contributed by atoms with Crippen molar-refractivity contribution < 1.29 is 22.2 Å². The van der Waals surface area contributed by atoms with E-state index in [-0.39, 0.29) is 0 Å². The second kappa shape index (κ2) is 6.72. The summed E-state index contributed by atoms with van der Waals surface area (Å²) in [7, 11) is 2.29. The van der Waals surface area contributed by atoms with E-state index in [9.17, 15) is 12.9 Å². The molecule has 0 unspecified atom stereocenters. The van der Waals surface area contributed by atoms with Gasteiger partial charge in [0, 0.05) is 12.8 Å². The number of rotatable bonds is 3. The van der Waals surface area contributed by atoms with Crippen molar-refractivity contribution in [3.05, 3.63) is 0 Å². The number of halogens is 4. The molecule has 0 aromatic heterocycles. The third kappa shape index (κ3) is 10.6. The van der Waals surface area contributed by atoms with Crippen LogP contribution in [0.4, 0.5) is 12.9 Å². The molecule has 2 nitrogen and oxygen atoms in total. The molecule has 0 saturated carbocycles. The van der Waals surface area contributed by atoms with Crippen LogP contribution in [-0.4, -0.2) is 43.8 Å². The fourth-order valence-corrected chi connectivity index (χ4v) is 1.56. The lowest BCUT2D eigenvalue weighted by atomic mass is 10.4. The first-order valence-electron chi connectivity index (χ1n) is 5.45. The van der Waals surface area contributed by atoms with Gasteiger partial charge in [-0.25, -0.2) is 0 Å². The van der Waals surface area contributed by atoms with Crippen LogP contribution in [0.3, 0.4) is 0 Å². The van der Waals surface area contributed by atoms with Gasteiger partial charge in [-0.05, 0) is 13.8 Å². The third-order valence-corrected chi connectivity index (χ3v) is 2.37. The molecule has 0 N–H and O–H groups in total. The standard InChI is InChI=1S/C9H20NO.BClF3/c1-9(2)11-8-10(3)6-4-5-7-10;2-1(3,4)5/h9H,4-8H2,1-3H3;/q+1;-1. The molecular formula is C9H20BClF3NO. The molecule has 1 heterocycles. The van der Waals surface area contributed by atoms with Crippen LogP contribution < -0.4 is 0 Å². The van der Waals surface area contributed by atoms with Gasteiger partial charge in [0.2, 0.25) is 0 Å². The second-order valence-electron chi connectivity index (χ2n) is 4.61. The van der Waals surface area contributed by atoms with Crippen LogP contribution in [0.1, 0.15) is 26.7 Å². The molecule has 0 aliphatic carbocycles. The topological polar surface area (TPSA) is 9.23 Å². The Hall–Kier alpha value is 0.0649. The van der Waals surface area contributed by atoms with Crippen LogP contribution in [0.15, 0.2) is 0 Å². The van der Waals surface area contributed by atoms with Gasteiger partial charge >= 0.3 is 6.39 Å². The molecule has 1 saturated heterocycles. The zero-order valence-corrected chi connectivity index (χ0v) is 10.8. The van der Waals surface area contributed by atoms with E-state index in [1.165, 1.54) is 25.9 Å². The molecule has 0 radical (unpaired) electrons. The summed E-state index contributed by atoms with van der Waals surface area (Å²) < 4.78 is 37.3. The van der Waals surface area contributed by atoms with Crippen LogP contribution in [0.25, 0.3) is 0 Å². The number of quaternary nitrogens is 1. The number of ether oxygens (including phenoxy) is 1. The largest absolute Gasteiger partial charge is 0.576 e. The minimum Gasteiger partial charge on any atom is -0.435 e. The summed E-state index contributed by atoms with van der Waals surface area (Å²) in [5.41, 5.74) is 0. The Balaban J connectivity index is 0.000000385. The minimum atomic E-state index is -5.03. The van der Waals surface area contributed by atoms with Crippen molar-refractivity contribution in [2.24, 2.45) is 0 Å². The predicted molar refractivity (Wildman–Crippen MR) is 61.2 cm³/mol. The number of nitrogens with zero attached hydrogens (tertiary/aromatic N) is 1. The molecule has 0 aromatic rings. The summed E-state index contributed by atoms with van der Waals surface area (Å²) in [6.07, 6.45) is -1.90. The molecule has 0 bridgehead atoms. The first-order valence-corrected chi connectivity index (χ1v) is 5.88. The quantitative estimate of drug-likeness (QED) is 0.560. The maximum Gasteiger partial charge on any atom is 0.576 e. The lowest BCUT2D eigenvalue weighted by Gasteiger charge is -2.29. The minimum absolute atomic E-state index is 0.380. The number of hydrogen-bond donors (Lipinski definition) is 0. The van der Waals surface area contributed by atoms with Gasteiger partial charge in [0.25, 0.3) is 0 Å². The highest BCUT2D eigenvalue weighted by molar-refractivity contribution is 7.08. The monoisotopic (exact) mass is 261 g/mol. The van der Waals surface area contributed by atoms with E-state index < -0.39 is 6.39 Å². The number of hydrogen-bond acceptors (Lipinski definition) is 1. The summed E-state index contributed by atoms with van der Waals surface area (Å²) in [6.45, 7) is 7.70. The third-order valence-electron chi connectivity index (χ3n) is 2.37. The lowest BCUT2D eigenvalue weighted by Crippen LogP contribution is -2.43. The maximum atomic E-state index is 10.2. The Bertz CT molecular complexity index is 190. The Morgan fingerprint density at radius 1 is 1.25 bits per heavy atom. The molecule has 0 amide bonds. The van der Waals surface area contributed by atoms with Gasteiger partial charge < -0.3 is 22.2 Å². The van der Waals surface area contributed by atoms with Crippen molar-refractivity contribution >= 4 is 17.9 Å². The first-order chi connectivity index (χ1) is 7.12. The Morgan fingerprint density at radius 3 is 1.94 bits per heavy atom. The predicted octanol–water partition coefficient (Wildman–Crippen LogP) is 3.18. The maximum absolute atomic E-state index is 10.2. The average molecular weight is 262 g/mol. The number of likely N-dealkylation sites (tertiary alicyclic amines) is 1. The molecule has 1 aliphatic rings. The van der Waals surface area contributed by atoms with Crippen LogP contribution >= 0.6 is 11.5 Å². The van der Waals surface area contributed by atoms with E-state index in [1.54, 1.807) is 0 Å². The summed E-state index contributed by atoms with van der Waals surface area (Å²) in [5, 5.41) is 0. The second-order valence-corrected chi connectivity index (χ2v) is 5.11. The van der Waals surface area contributed by atoms with Crippen LogP contribution in [0.5, 0.6) is 0 Å². The molecule has 0 atom stereocenters. The van der Waals surface area contributed by atoms with E-state index in [2.05, 4.69) is 32.4 Å². The van der Waals surface area contributed by atoms with Crippen LogP contribution in [-0.2, 0) is 4.74 Å². The fourth-order valence-electron chi connectivity index (χ4n) is 1.56. The van der Waals surface area contributed by atoms with Gasteiger partial charge in [-0.15, -0.1) is 0 Å². The van der Waals surface area contributed by atoms with Gasteiger partial charge in [0.15, 0.2) is 6.73 Å². The van der Waals surface area contributed by atoms with E-state index >= 15 is 0 Å². The van der Waals surface area contributed by atoms with E-state index in [0.29, 0.717) is 6.10 Å². The first kappa shape index (κ1) is 16.1. The molecule has 98 valence electrons. The molecule has 1 rings (SSSR count). The summed E-state index contributed by atoms with van der Waals surface area (Å²) in [6, 6.07) is 0. The molecule has 0 aromatic carbocycles. The van der Waals surface area contributed by atoms with Crippen molar-refractivity contribution in [3.63, 3.8) is 0 Å². The molecule has 1 aliphatic heterocycles. The van der Waals surface area contributed by atoms with Gasteiger partial charge in [0.1, 0.15) is 0 Å². The smallest absolute Gasteiger partial charge is 0.435 e. The Kier molecular flexibility index (Phi) is 6.74. The fraction of sp³-hybridized carbons (Fsp3) is 1.00. The molecular weight excluding hydrogens is 241 g/mol. The van der Waals surface area contributed by atoms with Gasteiger partial charge in [-0.2, -0.15) is 0 Å². The molecule has 0 spiro atoms. The molecule has 16 heavy (non-hydrogen) atoms. The normalized spacial score (nSPS) is 19.5. The highest BCUT2D eigenvalue weighted by Crippen LogP contribution is 2.16. The Morgan fingerprint density at radius 2 is 1.62 bits per heavy atom. The van der Waals surface area contributed by atoms with Crippen molar-refractivity contribution in [1.29, 1.82) is 0 Å². The molecule has 7 heteroatoms. The summed E-state index contributed by atoms with van der Waals surface area (Å²) >= 11 is 3.59. The van der Waals surface area contributed by atoms with Crippen molar-refractivity contribution in [2.75, 3.05) is 26.9 Å². The van der Waals surface area contributed by atoms with Crippen molar-refractivity contribution in [3.8, 4) is 0 Å². The average Bonchev–Trinajstić information content (AvgIpc) is 2.47. The van der Waals surface area contributed by atoms with Gasteiger partial charge in [-0.1, -0.05) is 0 Å². The van der Waals surface area contributed by atoms with Crippen molar-refractivity contribution in [1.82, 2.24) is 0 Å². The van der Waals surface area contributed by atoms with Gasteiger partial charge in [0.05, 0.1) is 26.2 Å². The lowest BCUT2D eigenvalue weighted by molar-refractivity contribution is -0.917. The van der Waals surface area contributed by atoms with Crippen LogP contribution in [0.2, 0.25) is 0 Å². The summed E-state index contributed by atoms with van der Waals surface area (Å²) in [4.78, 5) is 0. The highest BCUT2D eigenvalue weighted by atomic mass is 35.5. The van der Waals surface area contributed by atoms with Gasteiger partial charge in [-0.3, -0.25) is 11.5 Å². The zero-order chi connectivity index (χ0) is 12.8. The van der Waals surface area contributed by atoms with Crippen molar-refractivity contribution in [2.45, 2.75) is 32.8 Å². The Labute approximate surface area is 100 Å². The van der Waals surface area contributed by atoms with Crippen LogP contribution in [0, 0.1) is 0 Å². The zero-order valence-electron chi connectivity index (χ0n) is 10.1. The SMILES string of the molecule is CC(C)OC[N+]1(C)CCCC1.F[B-](F)(F)Cl. The van der Waals surface area contributed by atoms with E-state index in [0.717, 1.165) is 11.2 Å². The molecule has 1 fully saturated rings.